The van der Waals surface area contributed by atoms with Gasteiger partial charge in [-0.05, 0) is 31.0 Å². The molecule has 2 rings (SSSR count). The molecule has 1 heterocycles. The summed E-state index contributed by atoms with van der Waals surface area (Å²) in [6, 6.07) is 8.89. The number of benzene rings is 1. The van der Waals surface area contributed by atoms with E-state index in [1.807, 2.05) is 11.8 Å². The van der Waals surface area contributed by atoms with E-state index in [9.17, 15) is 0 Å². The van der Waals surface area contributed by atoms with Gasteiger partial charge in [-0.15, -0.1) is 0 Å². The number of aliphatic imine (C=N–C) groups is 1. The third-order valence-corrected chi connectivity index (χ3v) is 3.49. The Labute approximate surface area is 95.2 Å². The van der Waals surface area contributed by atoms with Gasteiger partial charge in [0.2, 0.25) is 0 Å². The van der Waals surface area contributed by atoms with Crippen LogP contribution in [-0.4, -0.2) is 17.0 Å². The Bertz CT molecular complexity index is 374. The zero-order chi connectivity index (χ0) is 10.7. The first kappa shape index (κ1) is 10.6. The van der Waals surface area contributed by atoms with Gasteiger partial charge in [0.25, 0.3) is 0 Å². The van der Waals surface area contributed by atoms with Gasteiger partial charge in [0.1, 0.15) is 0 Å². The standard InChI is InChI=1S/C12H16N2S/c1-3-10-8-15-12(13-10)14-11-6-4-5-9(2)7-11/h4-7,10H,3,8H2,1-2H3,(H,13,14)/t10-/m0/s1. The highest BCUT2D eigenvalue weighted by Crippen LogP contribution is 2.22. The minimum atomic E-state index is 0.502. The molecule has 1 aromatic rings. The van der Waals surface area contributed by atoms with E-state index in [4.69, 9.17) is 0 Å². The second kappa shape index (κ2) is 4.71. The van der Waals surface area contributed by atoms with Crippen LogP contribution in [0.15, 0.2) is 29.3 Å². The quantitative estimate of drug-likeness (QED) is 0.827. The van der Waals surface area contributed by atoms with Crippen molar-refractivity contribution in [2.45, 2.75) is 26.3 Å². The van der Waals surface area contributed by atoms with Crippen LogP contribution in [0, 0.1) is 6.92 Å². The summed E-state index contributed by atoms with van der Waals surface area (Å²) in [6.45, 7) is 4.29. The molecule has 1 aromatic carbocycles. The Balaban J connectivity index is 2.03. The lowest BCUT2D eigenvalue weighted by Crippen LogP contribution is -2.05. The summed E-state index contributed by atoms with van der Waals surface area (Å²) in [6.07, 6.45) is 1.13. The number of hydrogen-bond acceptors (Lipinski definition) is 3. The SMILES string of the molecule is CC[C@H]1CSC(Nc2cccc(C)c2)=N1. The van der Waals surface area contributed by atoms with Crippen molar-refractivity contribution in [2.24, 2.45) is 4.99 Å². The zero-order valence-corrected chi connectivity index (χ0v) is 9.97. The first-order valence-corrected chi connectivity index (χ1v) is 6.31. The molecule has 1 N–H and O–H groups in total. The minimum absolute atomic E-state index is 0.502. The largest absolute Gasteiger partial charge is 0.335 e. The molecule has 0 amide bonds. The third kappa shape index (κ3) is 2.75. The van der Waals surface area contributed by atoms with E-state index in [1.54, 1.807) is 0 Å². The van der Waals surface area contributed by atoms with Crippen molar-refractivity contribution in [3.8, 4) is 0 Å². The predicted molar refractivity (Wildman–Crippen MR) is 68.8 cm³/mol. The van der Waals surface area contributed by atoms with Crippen molar-refractivity contribution < 1.29 is 0 Å². The smallest absolute Gasteiger partial charge is 0.161 e. The van der Waals surface area contributed by atoms with Gasteiger partial charge in [0, 0.05) is 11.4 Å². The third-order valence-electron chi connectivity index (χ3n) is 2.45. The number of rotatable bonds is 2. The molecule has 1 aliphatic heterocycles. The topological polar surface area (TPSA) is 24.4 Å². The number of anilines is 1. The average Bonchev–Trinajstić information content (AvgIpc) is 2.65. The summed E-state index contributed by atoms with van der Waals surface area (Å²) in [5.74, 6) is 1.12. The lowest BCUT2D eigenvalue weighted by Gasteiger charge is -2.05. The number of amidine groups is 1. The fourth-order valence-corrected chi connectivity index (χ4v) is 2.61. The monoisotopic (exact) mass is 220 g/mol. The average molecular weight is 220 g/mol. The molecule has 0 unspecified atom stereocenters. The fraction of sp³-hybridized carbons (Fsp3) is 0.417. The van der Waals surface area contributed by atoms with Gasteiger partial charge in [0.05, 0.1) is 6.04 Å². The van der Waals surface area contributed by atoms with Crippen molar-refractivity contribution in [1.82, 2.24) is 0 Å². The maximum atomic E-state index is 4.60. The Morgan fingerprint density at radius 2 is 2.40 bits per heavy atom. The van der Waals surface area contributed by atoms with Crippen molar-refractivity contribution in [2.75, 3.05) is 11.1 Å². The van der Waals surface area contributed by atoms with Crippen LogP contribution < -0.4 is 5.32 Å². The van der Waals surface area contributed by atoms with Crippen LogP contribution in [-0.2, 0) is 0 Å². The van der Waals surface area contributed by atoms with Crippen LogP contribution in [0.1, 0.15) is 18.9 Å². The van der Waals surface area contributed by atoms with E-state index in [1.165, 1.54) is 5.56 Å². The highest BCUT2D eigenvalue weighted by molar-refractivity contribution is 8.14. The van der Waals surface area contributed by atoms with E-state index < -0.39 is 0 Å². The summed E-state index contributed by atoms with van der Waals surface area (Å²) >= 11 is 1.81. The molecular weight excluding hydrogens is 204 g/mol. The summed E-state index contributed by atoms with van der Waals surface area (Å²) < 4.78 is 0. The second-order valence-corrected chi connectivity index (χ2v) is 4.81. The van der Waals surface area contributed by atoms with E-state index >= 15 is 0 Å². The number of aryl methyl sites for hydroxylation is 1. The van der Waals surface area contributed by atoms with Gasteiger partial charge in [-0.3, -0.25) is 4.99 Å². The van der Waals surface area contributed by atoms with Gasteiger partial charge in [-0.25, -0.2) is 0 Å². The number of hydrogen-bond donors (Lipinski definition) is 1. The normalized spacial score (nSPS) is 20.1. The molecule has 1 atom stereocenters. The summed E-state index contributed by atoms with van der Waals surface area (Å²) in [5, 5.41) is 4.42. The minimum Gasteiger partial charge on any atom is -0.335 e. The van der Waals surface area contributed by atoms with Gasteiger partial charge in [-0.1, -0.05) is 30.8 Å². The molecule has 80 valence electrons. The Kier molecular flexibility index (Phi) is 3.31. The summed E-state index contributed by atoms with van der Waals surface area (Å²) in [5.41, 5.74) is 2.41. The molecule has 0 spiro atoms. The van der Waals surface area contributed by atoms with Crippen LogP contribution in [0.4, 0.5) is 5.69 Å². The highest BCUT2D eigenvalue weighted by atomic mass is 32.2. The molecule has 0 saturated carbocycles. The van der Waals surface area contributed by atoms with Gasteiger partial charge < -0.3 is 5.32 Å². The lowest BCUT2D eigenvalue weighted by molar-refractivity contribution is 0.738. The second-order valence-electron chi connectivity index (χ2n) is 3.80. The molecule has 0 fully saturated rings. The van der Waals surface area contributed by atoms with Crippen molar-refractivity contribution in [3.05, 3.63) is 29.8 Å². The first-order valence-electron chi connectivity index (χ1n) is 5.32. The van der Waals surface area contributed by atoms with Crippen LogP contribution in [0.2, 0.25) is 0 Å². The zero-order valence-electron chi connectivity index (χ0n) is 9.16. The molecular formula is C12H16N2S. The molecule has 0 bridgehead atoms. The Morgan fingerprint density at radius 1 is 1.53 bits per heavy atom. The van der Waals surface area contributed by atoms with Crippen LogP contribution in [0.5, 0.6) is 0 Å². The van der Waals surface area contributed by atoms with E-state index in [0.717, 1.165) is 23.0 Å². The Hall–Kier alpha value is -0.960. The molecule has 1 aliphatic rings. The van der Waals surface area contributed by atoms with Crippen molar-refractivity contribution in [1.29, 1.82) is 0 Å². The molecule has 15 heavy (non-hydrogen) atoms. The van der Waals surface area contributed by atoms with Gasteiger partial charge in [-0.2, -0.15) is 0 Å². The maximum Gasteiger partial charge on any atom is 0.161 e. The fourth-order valence-electron chi connectivity index (χ4n) is 1.54. The predicted octanol–water partition coefficient (Wildman–Crippen LogP) is 3.29. The van der Waals surface area contributed by atoms with Gasteiger partial charge in [0.15, 0.2) is 5.17 Å². The van der Waals surface area contributed by atoms with Crippen LogP contribution in [0.25, 0.3) is 0 Å². The molecule has 2 nitrogen and oxygen atoms in total. The van der Waals surface area contributed by atoms with E-state index in [-0.39, 0.29) is 0 Å². The summed E-state index contributed by atoms with van der Waals surface area (Å²) in [7, 11) is 0. The van der Waals surface area contributed by atoms with Crippen molar-refractivity contribution >= 4 is 22.6 Å². The first-order chi connectivity index (χ1) is 7.28. The van der Waals surface area contributed by atoms with Crippen molar-refractivity contribution in [3.63, 3.8) is 0 Å². The lowest BCUT2D eigenvalue weighted by atomic mass is 10.2. The number of thioether (sulfide) groups is 1. The molecule has 0 aromatic heterocycles. The van der Waals surface area contributed by atoms with Crippen LogP contribution >= 0.6 is 11.8 Å². The number of nitrogens with one attached hydrogen (secondary N) is 1. The Morgan fingerprint density at radius 3 is 3.07 bits per heavy atom. The molecule has 0 saturated heterocycles. The maximum absolute atomic E-state index is 4.60. The van der Waals surface area contributed by atoms with E-state index in [2.05, 4.69) is 48.4 Å². The van der Waals surface area contributed by atoms with E-state index in [0.29, 0.717) is 6.04 Å². The van der Waals surface area contributed by atoms with Gasteiger partial charge >= 0.3 is 0 Å². The molecule has 0 aliphatic carbocycles. The molecule has 0 radical (unpaired) electrons. The van der Waals surface area contributed by atoms with Crippen LogP contribution in [0.3, 0.4) is 0 Å². The molecule has 3 heteroatoms. The highest BCUT2D eigenvalue weighted by Gasteiger charge is 2.16. The summed E-state index contributed by atoms with van der Waals surface area (Å²) in [4.78, 5) is 4.60. The number of nitrogens with zero attached hydrogens (tertiary/aromatic N) is 1.